The van der Waals surface area contributed by atoms with Crippen molar-refractivity contribution in [1.82, 2.24) is 4.90 Å². The van der Waals surface area contributed by atoms with Gasteiger partial charge in [0.25, 0.3) is 11.8 Å². The molecular formula is C9H7NO5P+. The van der Waals surface area contributed by atoms with Gasteiger partial charge in [-0.2, -0.15) is 0 Å². The van der Waals surface area contributed by atoms with Crippen molar-refractivity contribution in [3.63, 3.8) is 0 Å². The maximum atomic E-state index is 11.7. The predicted octanol–water partition coefficient (Wildman–Crippen LogP) is 0.906. The van der Waals surface area contributed by atoms with E-state index in [1.807, 2.05) is 0 Å². The molecule has 0 aliphatic carbocycles. The van der Waals surface area contributed by atoms with Crippen LogP contribution in [-0.4, -0.2) is 28.3 Å². The molecule has 1 aromatic carbocycles. The summed E-state index contributed by atoms with van der Waals surface area (Å²) in [5.74, 6) is -1.03. The molecule has 16 heavy (non-hydrogen) atoms. The smallest absolute Gasteiger partial charge is 0.268 e. The van der Waals surface area contributed by atoms with Crippen LogP contribution in [0, 0.1) is 0 Å². The van der Waals surface area contributed by atoms with E-state index in [2.05, 4.69) is 4.52 Å². The van der Waals surface area contributed by atoms with Gasteiger partial charge < -0.3 is 0 Å². The van der Waals surface area contributed by atoms with E-state index in [1.54, 1.807) is 12.1 Å². The highest BCUT2D eigenvalue weighted by atomic mass is 31.1. The molecule has 6 nitrogen and oxygen atoms in total. The van der Waals surface area contributed by atoms with Crippen LogP contribution in [0.3, 0.4) is 0 Å². The van der Waals surface area contributed by atoms with E-state index in [4.69, 9.17) is 4.89 Å². The van der Waals surface area contributed by atoms with Gasteiger partial charge in [0.05, 0.1) is 11.1 Å². The van der Waals surface area contributed by atoms with Crippen molar-refractivity contribution in [3.05, 3.63) is 35.4 Å². The maximum Gasteiger partial charge on any atom is 0.696 e. The van der Waals surface area contributed by atoms with E-state index in [1.165, 1.54) is 12.1 Å². The first-order chi connectivity index (χ1) is 7.61. The van der Waals surface area contributed by atoms with Crippen molar-refractivity contribution in [2.45, 2.75) is 0 Å². The molecule has 0 saturated carbocycles. The van der Waals surface area contributed by atoms with Gasteiger partial charge in [0, 0.05) is 4.57 Å². The van der Waals surface area contributed by atoms with Crippen LogP contribution < -0.4 is 0 Å². The molecule has 0 fully saturated rings. The number of carbonyl (C=O) groups excluding carboxylic acids is 2. The molecular weight excluding hydrogens is 233 g/mol. The minimum absolute atomic E-state index is 0.282. The molecule has 2 rings (SSSR count). The molecule has 0 spiro atoms. The summed E-state index contributed by atoms with van der Waals surface area (Å²) < 4.78 is 14.7. The Morgan fingerprint density at radius 2 is 1.69 bits per heavy atom. The molecule has 1 heterocycles. The molecule has 0 radical (unpaired) electrons. The van der Waals surface area contributed by atoms with Gasteiger partial charge in [-0.05, 0) is 12.1 Å². The summed E-state index contributed by atoms with van der Waals surface area (Å²) in [4.78, 5) is 32.6. The van der Waals surface area contributed by atoms with Gasteiger partial charge in [-0.1, -0.05) is 16.7 Å². The molecule has 1 unspecified atom stereocenters. The van der Waals surface area contributed by atoms with Crippen LogP contribution in [0.15, 0.2) is 24.3 Å². The molecule has 1 aromatic rings. The Bertz CT molecular complexity index is 452. The number of amides is 2. The number of hydrogen-bond donors (Lipinski definition) is 1. The average Bonchev–Trinajstić information content (AvgIpc) is 2.50. The lowest BCUT2D eigenvalue weighted by Gasteiger charge is -2.07. The highest BCUT2D eigenvalue weighted by Gasteiger charge is 2.36. The number of hydrogen-bond acceptors (Lipinski definition) is 4. The standard InChI is InChI=1S/C9H6NO5P/c11-8-6-3-1-2-4-7(6)9(12)10(8)5-15-16(13)14/h1-4H,5H2/p+1. The Balaban J connectivity index is 2.25. The van der Waals surface area contributed by atoms with Gasteiger partial charge in [0.1, 0.15) is 0 Å². The minimum Gasteiger partial charge on any atom is -0.268 e. The second-order valence-electron chi connectivity index (χ2n) is 3.08. The van der Waals surface area contributed by atoms with Crippen molar-refractivity contribution in [3.8, 4) is 0 Å². The number of benzene rings is 1. The summed E-state index contributed by atoms with van der Waals surface area (Å²) in [6, 6.07) is 6.32. The molecule has 2 amide bonds. The Kier molecular flexibility index (Phi) is 2.78. The van der Waals surface area contributed by atoms with Gasteiger partial charge in [0.15, 0.2) is 6.73 Å². The molecule has 0 bridgehead atoms. The number of nitrogens with zero attached hydrogens (tertiary/aromatic N) is 1. The van der Waals surface area contributed by atoms with Crippen LogP contribution >= 0.6 is 8.25 Å². The summed E-state index contributed by atoms with van der Waals surface area (Å²) in [6.07, 6.45) is 0. The first-order valence-electron chi connectivity index (χ1n) is 4.35. The Labute approximate surface area is 91.4 Å². The van der Waals surface area contributed by atoms with Crippen LogP contribution in [0.2, 0.25) is 0 Å². The van der Waals surface area contributed by atoms with Gasteiger partial charge in [-0.3, -0.25) is 9.59 Å². The van der Waals surface area contributed by atoms with E-state index >= 15 is 0 Å². The average molecular weight is 240 g/mol. The highest BCUT2D eigenvalue weighted by Crippen LogP contribution is 2.24. The van der Waals surface area contributed by atoms with Crippen molar-refractivity contribution in [2.24, 2.45) is 0 Å². The first-order valence-corrected chi connectivity index (χ1v) is 5.48. The van der Waals surface area contributed by atoms with Gasteiger partial charge in [0.2, 0.25) is 0 Å². The third kappa shape index (κ3) is 1.74. The number of rotatable bonds is 3. The summed E-state index contributed by atoms with van der Waals surface area (Å²) >= 11 is 0. The zero-order chi connectivity index (χ0) is 11.7. The highest BCUT2D eigenvalue weighted by molar-refractivity contribution is 7.32. The predicted molar refractivity (Wildman–Crippen MR) is 52.7 cm³/mol. The Morgan fingerprint density at radius 1 is 1.19 bits per heavy atom. The number of fused-ring (bicyclic) bond motifs is 1. The molecule has 0 aromatic heterocycles. The first kappa shape index (κ1) is 10.9. The summed E-state index contributed by atoms with van der Waals surface area (Å²) in [7, 11) is -2.83. The third-order valence-electron chi connectivity index (χ3n) is 2.18. The van der Waals surface area contributed by atoms with E-state index in [0.717, 1.165) is 4.90 Å². The van der Waals surface area contributed by atoms with Crippen molar-refractivity contribution < 1.29 is 23.6 Å². The molecule has 7 heteroatoms. The number of carbonyl (C=O) groups is 2. The molecule has 1 atom stereocenters. The van der Waals surface area contributed by atoms with Gasteiger partial charge >= 0.3 is 8.25 Å². The van der Waals surface area contributed by atoms with Crippen molar-refractivity contribution in [2.75, 3.05) is 6.73 Å². The third-order valence-corrected chi connectivity index (χ3v) is 2.51. The number of imide groups is 1. The van der Waals surface area contributed by atoms with E-state index in [0.29, 0.717) is 0 Å². The quantitative estimate of drug-likeness (QED) is 0.627. The normalized spacial score (nSPS) is 15.3. The van der Waals surface area contributed by atoms with E-state index < -0.39 is 26.8 Å². The van der Waals surface area contributed by atoms with E-state index in [9.17, 15) is 14.2 Å². The summed E-state index contributed by atoms with van der Waals surface area (Å²) in [5.41, 5.74) is 0.563. The summed E-state index contributed by atoms with van der Waals surface area (Å²) in [5, 5.41) is 0. The lowest BCUT2D eigenvalue weighted by atomic mass is 10.1. The van der Waals surface area contributed by atoms with Gasteiger partial charge in [-0.15, -0.1) is 4.89 Å². The van der Waals surface area contributed by atoms with Crippen LogP contribution in [-0.2, 0) is 9.09 Å². The molecule has 0 saturated heterocycles. The zero-order valence-corrected chi connectivity index (χ0v) is 8.89. The Hall–Kier alpha value is -1.62. The molecule has 1 aliphatic heterocycles. The molecule has 1 aliphatic rings. The lowest BCUT2D eigenvalue weighted by Crippen LogP contribution is -2.31. The fourth-order valence-electron chi connectivity index (χ4n) is 1.46. The topological polar surface area (TPSA) is 83.9 Å². The molecule has 82 valence electrons. The fraction of sp³-hybridized carbons (Fsp3) is 0.111. The van der Waals surface area contributed by atoms with Crippen LogP contribution in [0.25, 0.3) is 0 Å². The zero-order valence-electron chi connectivity index (χ0n) is 7.99. The Morgan fingerprint density at radius 3 is 2.12 bits per heavy atom. The van der Waals surface area contributed by atoms with Gasteiger partial charge in [-0.25, -0.2) is 4.90 Å². The maximum absolute atomic E-state index is 11.7. The second kappa shape index (κ2) is 4.09. The van der Waals surface area contributed by atoms with Crippen LogP contribution in [0.1, 0.15) is 20.7 Å². The van der Waals surface area contributed by atoms with Crippen LogP contribution in [0.5, 0.6) is 0 Å². The van der Waals surface area contributed by atoms with Crippen LogP contribution in [0.4, 0.5) is 0 Å². The van der Waals surface area contributed by atoms with Crippen molar-refractivity contribution >= 4 is 20.1 Å². The second-order valence-corrected chi connectivity index (χ2v) is 3.81. The van der Waals surface area contributed by atoms with E-state index in [-0.39, 0.29) is 11.1 Å². The summed E-state index contributed by atoms with van der Waals surface area (Å²) in [6.45, 7) is -0.516. The largest absolute Gasteiger partial charge is 0.696 e. The lowest BCUT2D eigenvalue weighted by molar-refractivity contribution is 0.0521. The SMILES string of the molecule is O=C1c2ccccc2C(=O)N1CO[P+](=O)O. The minimum atomic E-state index is -2.83. The van der Waals surface area contributed by atoms with Crippen molar-refractivity contribution in [1.29, 1.82) is 0 Å². The fourth-order valence-corrected chi connectivity index (χ4v) is 1.68. The molecule has 1 N–H and O–H groups in total. The monoisotopic (exact) mass is 240 g/mol.